The fraction of sp³-hybridized carbons (Fsp3) is 0.250. The van der Waals surface area contributed by atoms with E-state index in [1.54, 1.807) is 6.08 Å². The minimum absolute atomic E-state index is 0.401. The normalized spacial score (nSPS) is 10.6. The molecule has 0 spiro atoms. The fourth-order valence-corrected chi connectivity index (χ4v) is 1.71. The minimum Gasteiger partial charge on any atom is -0.345 e. The van der Waals surface area contributed by atoms with Crippen molar-refractivity contribution in [2.75, 3.05) is 0 Å². The van der Waals surface area contributed by atoms with Gasteiger partial charge < -0.3 is 4.57 Å². The van der Waals surface area contributed by atoms with Crippen molar-refractivity contribution in [1.29, 1.82) is 0 Å². The van der Waals surface area contributed by atoms with Crippen molar-refractivity contribution in [3.05, 3.63) is 30.5 Å². The molecule has 1 aromatic carbocycles. The third-order valence-corrected chi connectivity index (χ3v) is 2.44. The van der Waals surface area contributed by atoms with Crippen molar-refractivity contribution >= 4 is 22.7 Å². The first-order chi connectivity index (χ1) is 7.22. The van der Waals surface area contributed by atoms with E-state index in [4.69, 9.17) is 0 Å². The van der Waals surface area contributed by atoms with E-state index >= 15 is 0 Å². The Hall–Kier alpha value is -1.86. The summed E-state index contributed by atoms with van der Waals surface area (Å²) in [4.78, 5) is 13.8. The van der Waals surface area contributed by atoms with Gasteiger partial charge in [0.15, 0.2) is 0 Å². The van der Waals surface area contributed by atoms with Gasteiger partial charge in [-0.15, -0.1) is 0 Å². The predicted molar refractivity (Wildman–Crippen MR) is 60.1 cm³/mol. The van der Waals surface area contributed by atoms with E-state index in [1.807, 2.05) is 24.4 Å². The van der Waals surface area contributed by atoms with E-state index in [2.05, 4.69) is 29.5 Å². The molecule has 0 aliphatic carbocycles. The van der Waals surface area contributed by atoms with Crippen LogP contribution in [0.3, 0.4) is 0 Å². The van der Waals surface area contributed by atoms with Gasteiger partial charge in [-0.05, 0) is 37.4 Å². The maximum absolute atomic E-state index is 10.2. The van der Waals surface area contributed by atoms with Crippen molar-refractivity contribution in [3.8, 4) is 0 Å². The molecule has 0 radical (unpaired) electrons. The summed E-state index contributed by atoms with van der Waals surface area (Å²) < 4.78 is 2.15. The number of hydrogen-bond acceptors (Lipinski definition) is 2. The number of aromatic nitrogens is 1. The van der Waals surface area contributed by atoms with Crippen molar-refractivity contribution in [2.24, 2.45) is 4.99 Å². The van der Waals surface area contributed by atoms with Crippen LogP contribution in [0.2, 0.25) is 0 Å². The zero-order valence-corrected chi connectivity index (χ0v) is 8.77. The summed E-state index contributed by atoms with van der Waals surface area (Å²) >= 11 is 0. The SMILES string of the molecule is CC(C)n1ccc2ccc(N=C=O)cc21. The Balaban J connectivity index is 2.66. The maximum atomic E-state index is 10.2. The second-order valence-corrected chi connectivity index (χ2v) is 3.76. The van der Waals surface area contributed by atoms with Crippen LogP contribution in [0.4, 0.5) is 5.69 Å². The van der Waals surface area contributed by atoms with E-state index in [0.29, 0.717) is 11.7 Å². The van der Waals surface area contributed by atoms with Crippen LogP contribution in [-0.2, 0) is 4.79 Å². The molecular formula is C12H12N2O. The molecule has 3 nitrogen and oxygen atoms in total. The molecular weight excluding hydrogens is 188 g/mol. The van der Waals surface area contributed by atoms with Crippen LogP contribution in [0, 0.1) is 0 Å². The Morgan fingerprint density at radius 2 is 2.13 bits per heavy atom. The molecule has 0 aliphatic rings. The number of aliphatic imine (C=N–C) groups is 1. The summed E-state index contributed by atoms with van der Waals surface area (Å²) in [7, 11) is 0. The highest BCUT2D eigenvalue weighted by Crippen LogP contribution is 2.24. The smallest absolute Gasteiger partial charge is 0.240 e. The van der Waals surface area contributed by atoms with E-state index in [0.717, 1.165) is 10.9 Å². The first-order valence-electron chi connectivity index (χ1n) is 4.91. The fourth-order valence-electron chi connectivity index (χ4n) is 1.71. The second-order valence-electron chi connectivity index (χ2n) is 3.76. The first kappa shape index (κ1) is 9.69. The molecule has 0 bridgehead atoms. The summed E-state index contributed by atoms with van der Waals surface area (Å²) in [5.41, 5.74) is 1.75. The topological polar surface area (TPSA) is 34.4 Å². The van der Waals surface area contributed by atoms with Gasteiger partial charge in [-0.25, -0.2) is 4.79 Å². The number of hydrogen-bond donors (Lipinski definition) is 0. The molecule has 1 heterocycles. The van der Waals surface area contributed by atoms with E-state index in [1.165, 1.54) is 0 Å². The van der Waals surface area contributed by atoms with Crippen molar-refractivity contribution < 1.29 is 4.79 Å². The van der Waals surface area contributed by atoms with Crippen LogP contribution in [0.25, 0.3) is 10.9 Å². The third-order valence-electron chi connectivity index (χ3n) is 2.44. The van der Waals surface area contributed by atoms with Gasteiger partial charge in [0.2, 0.25) is 6.08 Å². The molecule has 2 rings (SSSR count). The molecule has 1 aromatic heterocycles. The zero-order valence-electron chi connectivity index (χ0n) is 8.77. The lowest BCUT2D eigenvalue weighted by atomic mass is 10.2. The van der Waals surface area contributed by atoms with E-state index in [-0.39, 0.29) is 0 Å². The van der Waals surface area contributed by atoms with Gasteiger partial charge in [0, 0.05) is 12.2 Å². The number of benzene rings is 1. The number of fused-ring (bicyclic) bond motifs is 1. The van der Waals surface area contributed by atoms with Crippen molar-refractivity contribution in [3.63, 3.8) is 0 Å². The van der Waals surface area contributed by atoms with E-state index < -0.39 is 0 Å². The van der Waals surface area contributed by atoms with Crippen LogP contribution >= 0.6 is 0 Å². The zero-order chi connectivity index (χ0) is 10.8. The highest BCUT2D eigenvalue weighted by Gasteiger charge is 2.04. The standard InChI is InChI=1S/C12H12N2O/c1-9(2)14-6-5-10-3-4-11(13-8-15)7-12(10)14/h3-7,9H,1-2H3. The molecule has 0 saturated heterocycles. The summed E-state index contributed by atoms with van der Waals surface area (Å²) in [5.74, 6) is 0. The molecule has 0 N–H and O–H groups in total. The van der Waals surface area contributed by atoms with Crippen LogP contribution in [0.1, 0.15) is 19.9 Å². The third kappa shape index (κ3) is 1.69. The molecule has 0 unspecified atom stereocenters. The Bertz CT molecular complexity index is 534. The predicted octanol–water partition coefficient (Wildman–Crippen LogP) is 3.19. The molecule has 3 heteroatoms. The first-order valence-corrected chi connectivity index (χ1v) is 4.91. The van der Waals surface area contributed by atoms with Gasteiger partial charge in [-0.3, -0.25) is 0 Å². The van der Waals surface area contributed by atoms with Gasteiger partial charge in [0.1, 0.15) is 0 Å². The van der Waals surface area contributed by atoms with Crippen LogP contribution in [-0.4, -0.2) is 10.6 Å². The largest absolute Gasteiger partial charge is 0.345 e. The molecule has 0 saturated carbocycles. The molecule has 0 fully saturated rings. The van der Waals surface area contributed by atoms with Crippen LogP contribution < -0.4 is 0 Å². The Kier molecular flexibility index (Phi) is 2.40. The number of carbonyl (C=O) groups excluding carboxylic acids is 1. The molecule has 2 aromatic rings. The lowest BCUT2D eigenvalue weighted by molar-refractivity contribution is 0.565. The highest BCUT2D eigenvalue weighted by atomic mass is 16.1. The molecule has 76 valence electrons. The quantitative estimate of drug-likeness (QED) is 0.541. The molecule has 0 atom stereocenters. The van der Waals surface area contributed by atoms with Gasteiger partial charge >= 0.3 is 0 Å². The number of rotatable bonds is 2. The van der Waals surface area contributed by atoms with Gasteiger partial charge in [-0.2, -0.15) is 4.99 Å². The van der Waals surface area contributed by atoms with Gasteiger partial charge in [-0.1, -0.05) is 6.07 Å². The summed E-state index contributed by atoms with van der Waals surface area (Å²) in [6.07, 6.45) is 3.60. The summed E-state index contributed by atoms with van der Waals surface area (Å²) in [6.45, 7) is 4.24. The van der Waals surface area contributed by atoms with Crippen molar-refractivity contribution in [1.82, 2.24) is 4.57 Å². The number of isocyanates is 1. The molecule has 0 amide bonds. The number of nitrogens with zero attached hydrogens (tertiary/aromatic N) is 2. The second kappa shape index (κ2) is 3.71. The summed E-state index contributed by atoms with van der Waals surface area (Å²) in [5, 5.41) is 1.16. The van der Waals surface area contributed by atoms with Crippen LogP contribution in [0.15, 0.2) is 35.5 Å². The average Bonchev–Trinajstić information content (AvgIpc) is 2.61. The van der Waals surface area contributed by atoms with Gasteiger partial charge in [0.05, 0.1) is 11.2 Å². The maximum Gasteiger partial charge on any atom is 0.240 e. The lowest BCUT2D eigenvalue weighted by Crippen LogP contribution is -1.97. The Morgan fingerprint density at radius 3 is 2.80 bits per heavy atom. The lowest BCUT2D eigenvalue weighted by Gasteiger charge is -2.08. The van der Waals surface area contributed by atoms with Crippen LogP contribution in [0.5, 0.6) is 0 Å². The minimum atomic E-state index is 0.401. The Morgan fingerprint density at radius 1 is 1.33 bits per heavy atom. The summed E-state index contributed by atoms with van der Waals surface area (Å²) in [6, 6.07) is 8.14. The average molecular weight is 200 g/mol. The Labute approximate surface area is 88.0 Å². The molecule has 15 heavy (non-hydrogen) atoms. The molecule has 0 aliphatic heterocycles. The highest BCUT2D eigenvalue weighted by molar-refractivity contribution is 5.83. The van der Waals surface area contributed by atoms with E-state index in [9.17, 15) is 4.79 Å². The van der Waals surface area contributed by atoms with Gasteiger partial charge in [0.25, 0.3) is 0 Å². The van der Waals surface area contributed by atoms with Crippen molar-refractivity contribution in [2.45, 2.75) is 19.9 Å². The monoisotopic (exact) mass is 200 g/mol.